The highest BCUT2D eigenvalue weighted by Crippen LogP contribution is 2.24. The quantitative estimate of drug-likeness (QED) is 0.860. The van der Waals surface area contributed by atoms with Crippen LogP contribution < -0.4 is 5.32 Å². The number of nitrogens with zero attached hydrogens (tertiary/aromatic N) is 1. The maximum absolute atomic E-state index is 12.5. The van der Waals surface area contributed by atoms with Gasteiger partial charge >= 0.3 is 0 Å². The normalized spacial score (nSPS) is 19.8. The Morgan fingerprint density at radius 2 is 1.83 bits per heavy atom. The van der Waals surface area contributed by atoms with Crippen molar-refractivity contribution in [1.82, 2.24) is 10.2 Å². The average molecular weight is 375 g/mol. The molecule has 1 aliphatic heterocycles. The van der Waals surface area contributed by atoms with Crippen LogP contribution in [0.4, 0.5) is 0 Å². The Morgan fingerprint density at radius 1 is 1.21 bits per heavy atom. The van der Waals surface area contributed by atoms with Gasteiger partial charge in [-0.2, -0.15) is 0 Å². The first-order chi connectivity index (χ1) is 10.7. The largest absolute Gasteiger partial charge is 0.316 e. The number of benzene rings is 1. The Hall–Kier alpha value is -0.620. The van der Waals surface area contributed by atoms with E-state index in [2.05, 4.69) is 31.0 Å². The summed E-state index contributed by atoms with van der Waals surface area (Å²) in [7, 11) is -1.23. The zero-order valence-corrected chi connectivity index (χ0v) is 16.8. The molecule has 0 radical (unpaired) electrons. The summed E-state index contributed by atoms with van der Waals surface area (Å²) in [5.74, 6) is 0.193. The minimum Gasteiger partial charge on any atom is -0.316 e. The van der Waals surface area contributed by atoms with Crippen LogP contribution in [0, 0.1) is 0 Å². The van der Waals surface area contributed by atoms with Gasteiger partial charge in [0.2, 0.25) is 0 Å². The first-order valence-corrected chi connectivity index (χ1v) is 10.1. The molecule has 6 heteroatoms. The highest BCUT2D eigenvalue weighted by Gasteiger charge is 2.22. The Bertz CT molecular complexity index is 609. The minimum absolute atomic E-state index is 0. The van der Waals surface area contributed by atoms with Gasteiger partial charge in [-0.25, -0.2) is 8.42 Å². The van der Waals surface area contributed by atoms with Crippen LogP contribution in [0.3, 0.4) is 0 Å². The van der Waals surface area contributed by atoms with Gasteiger partial charge in [0.25, 0.3) is 0 Å². The second-order valence-corrected chi connectivity index (χ2v) is 9.63. The molecule has 1 unspecified atom stereocenters. The monoisotopic (exact) mass is 374 g/mol. The zero-order valence-electron chi connectivity index (χ0n) is 15.2. The summed E-state index contributed by atoms with van der Waals surface area (Å²) in [5.41, 5.74) is 1.20. The molecule has 1 aromatic carbocycles. The van der Waals surface area contributed by atoms with Crippen LogP contribution in [0.2, 0.25) is 0 Å². The third-order valence-corrected chi connectivity index (χ3v) is 6.38. The molecule has 1 N–H and O–H groups in total. The van der Waals surface area contributed by atoms with E-state index in [9.17, 15) is 8.42 Å². The molecule has 0 amide bonds. The molecule has 0 spiro atoms. The number of likely N-dealkylation sites (tertiary alicyclic amines) is 1. The second kappa shape index (κ2) is 8.65. The molecule has 2 rings (SSSR count). The molecular formula is C18H31ClN2O2S. The lowest BCUT2D eigenvalue weighted by molar-refractivity contribution is 0.205. The van der Waals surface area contributed by atoms with E-state index in [-0.39, 0.29) is 23.6 Å². The Kier molecular flexibility index (Phi) is 7.73. The van der Waals surface area contributed by atoms with Crippen LogP contribution >= 0.6 is 12.4 Å². The predicted octanol–water partition coefficient (Wildman–Crippen LogP) is 2.86. The smallest absolute Gasteiger partial charge is 0.179 e. The molecule has 1 heterocycles. The van der Waals surface area contributed by atoms with Crippen molar-refractivity contribution in [1.29, 1.82) is 0 Å². The van der Waals surface area contributed by atoms with Crippen molar-refractivity contribution in [2.45, 2.75) is 50.0 Å². The average Bonchev–Trinajstić information content (AvgIpc) is 2.52. The third kappa shape index (κ3) is 5.73. The van der Waals surface area contributed by atoms with Crippen LogP contribution in [0.5, 0.6) is 0 Å². The van der Waals surface area contributed by atoms with Crippen LogP contribution in [0.1, 0.15) is 39.2 Å². The summed E-state index contributed by atoms with van der Waals surface area (Å²) in [6.45, 7) is 8.94. The fraction of sp³-hybridized carbons (Fsp3) is 0.667. The molecular weight excluding hydrogens is 344 g/mol. The van der Waals surface area contributed by atoms with E-state index in [0.29, 0.717) is 17.5 Å². The maximum Gasteiger partial charge on any atom is 0.179 e. The van der Waals surface area contributed by atoms with Crippen molar-refractivity contribution in [3.63, 3.8) is 0 Å². The Labute approximate surface area is 153 Å². The van der Waals surface area contributed by atoms with E-state index in [0.717, 1.165) is 25.1 Å². The highest BCUT2D eigenvalue weighted by atomic mass is 35.5. The Balaban J connectivity index is 0.00000288. The van der Waals surface area contributed by atoms with Crippen LogP contribution in [-0.2, 0) is 15.3 Å². The Morgan fingerprint density at radius 3 is 2.38 bits per heavy atom. The van der Waals surface area contributed by atoms with Crippen molar-refractivity contribution in [2.24, 2.45) is 0 Å². The molecule has 4 nitrogen and oxygen atoms in total. The van der Waals surface area contributed by atoms with Crippen molar-refractivity contribution >= 4 is 22.2 Å². The van der Waals surface area contributed by atoms with E-state index in [1.807, 2.05) is 19.2 Å². The minimum atomic E-state index is -3.21. The SMILES string of the molecule is CNC1CCCN(CCS(=O)(=O)c2ccc(C(C)(C)C)cc2)C1.Cl. The number of rotatable bonds is 5. The molecule has 0 saturated carbocycles. The van der Waals surface area contributed by atoms with Crippen molar-refractivity contribution in [3.8, 4) is 0 Å². The lowest BCUT2D eigenvalue weighted by Gasteiger charge is -2.32. The summed E-state index contributed by atoms with van der Waals surface area (Å²) < 4.78 is 25.1. The topological polar surface area (TPSA) is 49.4 Å². The number of piperidine rings is 1. The van der Waals surface area contributed by atoms with Gasteiger partial charge in [-0.05, 0) is 49.5 Å². The molecule has 138 valence electrons. The number of hydrogen-bond donors (Lipinski definition) is 1. The van der Waals surface area contributed by atoms with E-state index in [4.69, 9.17) is 0 Å². The van der Waals surface area contributed by atoms with Crippen molar-refractivity contribution < 1.29 is 8.42 Å². The molecule has 0 aliphatic carbocycles. The number of likely N-dealkylation sites (N-methyl/N-ethyl adjacent to an activating group) is 1. The molecule has 1 saturated heterocycles. The van der Waals surface area contributed by atoms with Crippen molar-refractivity contribution in [2.75, 3.05) is 32.4 Å². The van der Waals surface area contributed by atoms with E-state index < -0.39 is 9.84 Å². The van der Waals surface area contributed by atoms with Gasteiger partial charge in [0.05, 0.1) is 10.6 Å². The van der Waals surface area contributed by atoms with Gasteiger partial charge in [-0.1, -0.05) is 32.9 Å². The summed E-state index contributed by atoms with van der Waals surface area (Å²) in [5, 5.41) is 3.29. The predicted molar refractivity (Wildman–Crippen MR) is 103 cm³/mol. The number of halogens is 1. The molecule has 24 heavy (non-hydrogen) atoms. The summed E-state index contributed by atoms with van der Waals surface area (Å²) in [4.78, 5) is 2.69. The fourth-order valence-corrected chi connectivity index (χ4v) is 4.31. The van der Waals surface area contributed by atoms with Gasteiger partial charge < -0.3 is 10.2 Å². The number of nitrogens with one attached hydrogen (secondary N) is 1. The molecule has 0 aromatic heterocycles. The molecule has 1 aliphatic rings. The molecule has 0 bridgehead atoms. The van der Waals surface area contributed by atoms with Crippen LogP contribution in [0.15, 0.2) is 29.2 Å². The van der Waals surface area contributed by atoms with Gasteiger partial charge in [0.15, 0.2) is 9.84 Å². The van der Waals surface area contributed by atoms with Gasteiger partial charge in [0.1, 0.15) is 0 Å². The highest BCUT2D eigenvalue weighted by molar-refractivity contribution is 7.91. The fourth-order valence-electron chi connectivity index (χ4n) is 3.02. The summed E-state index contributed by atoms with van der Waals surface area (Å²) in [6.07, 6.45) is 2.31. The zero-order chi connectivity index (χ0) is 17.1. The number of hydrogen-bond acceptors (Lipinski definition) is 4. The molecule has 1 fully saturated rings. The molecule has 1 aromatic rings. The van der Waals surface area contributed by atoms with E-state index >= 15 is 0 Å². The van der Waals surface area contributed by atoms with E-state index in [1.54, 1.807) is 12.1 Å². The lowest BCUT2D eigenvalue weighted by Crippen LogP contribution is -2.45. The standard InChI is InChI=1S/C18H30N2O2S.ClH/c1-18(2,3)15-7-9-17(10-8-15)23(21,22)13-12-20-11-5-6-16(14-20)19-4;/h7-10,16,19H,5-6,11-14H2,1-4H3;1H. The van der Waals surface area contributed by atoms with Gasteiger partial charge in [-0.3, -0.25) is 0 Å². The van der Waals surface area contributed by atoms with Gasteiger partial charge in [0, 0.05) is 19.1 Å². The maximum atomic E-state index is 12.5. The van der Waals surface area contributed by atoms with Crippen LogP contribution in [0.25, 0.3) is 0 Å². The first-order valence-electron chi connectivity index (χ1n) is 8.45. The van der Waals surface area contributed by atoms with Crippen LogP contribution in [-0.4, -0.2) is 51.8 Å². The van der Waals surface area contributed by atoms with E-state index in [1.165, 1.54) is 6.42 Å². The summed E-state index contributed by atoms with van der Waals surface area (Å²) in [6, 6.07) is 7.86. The third-order valence-electron chi connectivity index (χ3n) is 4.67. The second-order valence-electron chi connectivity index (χ2n) is 7.52. The van der Waals surface area contributed by atoms with Crippen molar-refractivity contribution in [3.05, 3.63) is 29.8 Å². The first kappa shape index (κ1) is 21.4. The lowest BCUT2D eigenvalue weighted by atomic mass is 9.87. The summed E-state index contributed by atoms with van der Waals surface area (Å²) >= 11 is 0. The van der Waals surface area contributed by atoms with Gasteiger partial charge in [-0.15, -0.1) is 12.4 Å². The molecule has 1 atom stereocenters. The number of sulfone groups is 1.